The highest BCUT2D eigenvalue weighted by Crippen LogP contribution is 1.93. The molecule has 1 aromatic heterocycles. The smallest absolute Gasteiger partial charge is 0.115 e. The average molecular weight is 150 g/mol. The van der Waals surface area contributed by atoms with Crippen molar-refractivity contribution < 1.29 is 4.74 Å². The first kappa shape index (κ1) is 7.72. The van der Waals surface area contributed by atoms with Crippen LogP contribution >= 0.6 is 0 Å². The molecule has 0 atom stereocenters. The van der Waals surface area contributed by atoms with Crippen molar-refractivity contribution in [2.75, 3.05) is 6.61 Å². The quantitative estimate of drug-likeness (QED) is 0.612. The molecule has 0 amide bonds. The largest absolute Gasteiger partial charge is 0.501 e. The van der Waals surface area contributed by atoms with Crippen molar-refractivity contribution in [1.82, 2.24) is 9.97 Å². The van der Waals surface area contributed by atoms with Gasteiger partial charge in [-0.25, -0.2) is 9.97 Å². The molecule has 0 aliphatic rings. The summed E-state index contributed by atoms with van der Waals surface area (Å²) in [5, 5.41) is 0. The third kappa shape index (κ3) is 2.80. The van der Waals surface area contributed by atoms with E-state index in [1.807, 2.05) is 13.0 Å². The van der Waals surface area contributed by atoms with E-state index in [1.54, 1.807) is 18.5 Å². The summed E-state index contributed by atoms with van der Waals surface area (Å²) in [5.41, 5.74) is 0.855. The lowest BCUT2D eigenvalue weighted by Gasteiger charge is -1.91. The van der Waals surface area contributed by atoms with E-state index in [2.05, 4.69) is 9.97 Å². The van der Waals surface area contributed by atoms with Gasteiger partial charge in [0.15, 0.2) is 0 Å². The molecule has 0 spiro atoms. The third-order valence-corrected chi connectivity index (χ3v) is 1.11. The Morgan fingerprint density at radius 3 is 3.18 bits per heavy atom. The fraction of sp³-hybridized carbons (Fsp3) is 0.250. The second-order valence-corrected chi connectivity index (χ2v) is 1.89. The Labute approximate surface area is 65.8 Å². The van der Waals surface area contributed by atoms with Crippen molar-refractivity contribution in [2.24, 2.45) is 0 Å². The van der Waals surface area contributed by atoms with Gasteiger partial charge in [0.05, 0.1) is 18.6 Å². The van der Waals surface area contributed by atoms with Crippen molar-refractivity contribution in [2.45, 2.75) is 6.92 Å². The molecule has 0 saturated heterocycles. The second-order valence-electron chi connectivity index (χ2n) is 1.89. The molecule has 1 rings (SSSR count). The minimum absolute atomic E-state index is 0.682. The Bertz CT molecular complexity index is 221. The molecule has 3 nitrogen and oxygen atoms in total. The van der Waals surface area contributed by atoms with Crippen LogP contribution in [0.4, 0.5) is 0 Å². The van der Waals surface area contributed by atoms with Crippen LogP contribution in [-0.4, -0.2) is 16.6 Å². The Morgan fingerprint density at radius 2 is 2.55 bits per heavy atom. The molecule has 0 aliphatic heterocycles. The first-order chi connectivity index (χ1) is 5.43. The molecular weight excluding hydrogens is 140 g/mol. The van der Waals surface area contributed by atoms with E-state index in [1.165, 1.54) is 6.33 Å². The van der Waals surface area contributed by atoms with Crippen LogP contribution in [0, 0.1) is 0 Å². The lowest BCUT2D eigenvalue weighted by Crippen LogP contribution is -1.81. The summed E-state index contributed by atoms with van der Waals surface area (Å²) in [7, 11) is 0. The first-order valence-electron chi connectivity index (χ1n) is 3.47. The summed E-state index contributed by atoms with van der Waals surface area (Å²) in [6.45, 7) is 2.62. The predicted molar refractivity (Wildman–Crippen MR) is 42.7 cm³/mol. The van der Waals surface area contributed by atoms with Crippen LogP contribution in [0.15, 0.2) is 24.9 Å². The molecule has 0 aromatic carbocycles. The number of rotatable bonds is 3. The fourth-order valence-electron chi connectivity index (χ4n) is 0.614. The van der Waals surface area contributed by atoms with Gasteiger partial charge in [0.25, 0.3) is 0 Å². The molecule has 0 bridgehead atoms. The van der Waals surface area contributed by atoms with Gasteiger partial charge in [-0.05, 0) is 19.1 Å². The van der Waals surface area contributed by atoms with Gasteiger partial charge in [0.1, 0.15) is 6.33 Å². The molecule has 0 radical (unpaired) electrons. The van der Waals surface area contributed by atoms with E-state index in [-0.39, 0.29) is 0 Å². The molecule has 0 N–H and O–H groups in total. The van der Waals surface area contributed by atoms with Gasteiger partial charge in [-0.3, -0.25) is 0 Å². The normalized spacial score (nSPS) is 10.3. The van der Waals surface area contributed by atoms with Gasteiger partial charge in [-0.1, -0.05) is 0 Å². The van der Waals surface area contributed by atoms with Gasteiger partial charge in [-0.2, -0.15) is 0 Å². The number of hydrogen-bond donors (Lipinski definition) is 0. The molecule has 0 aliphatic carbocycles. The van der Waals surface area contributed by atoms with Crippen LogP contribution < -0.4 is 0 Å². The SMILES string of the molecule is CCOC=Cc1ccncn1. The Hall–Kier alpha value is -1.38. The van der Waals surface area contributed by atoms with E-state index in [9.17, 15) is 0 Å². The highest BCUT2D eigenvalue weighted by molar-refractivity contribution is 5.41. The molecule has 0 unspecified atom stereocenters. The van der Waals surface area contributed by atoms with Crippen molar-refractivity contribution >= 4 is 6.08 Å². The summed E-state index contributed by atoms with van der Waals surface area (Å²) in [6, 6.07) is 1.82. The maximum atomic E-state index is 5.00. The Balaban J connectivity index is 2.50. The summed E-state index contributed by atoms with van der Waals surface area (Å²) in [4.78, 5) is 7.76. The van der Waals surface area contributed by atoms with Gasteiger partial charge < -0.3 is 4.74 Å². The fourth-order valence-corrected chi connectivity index (χ4v) is 0.614. The lowest BCUT2D eigenvalue weighted by molar-refractivity contribution is 0.272. The Kier molecular flexibility index (Phi) is 3.12. The van der Waals surface area contributed by atoms with Crippen molar-refractivity contribution in [3.8, 4) is 0 Å². The van der Waals surface area contributed by atoms with E-state index >= 15 is 0 Å². The number of nitrogens with zero attached hydrogens (tertiary/aromatic N) is 2. The molecule has 58 valence electrons. The van der Waals surface area contributed by atoms with Crippen LogP contribution in [0.2, 0.25) is 0 Å². The summed E-state index contributed by atoms with van der Waals surface area (Å²) in [6.07, 6.45) is 6.62. The maximum Gasteiger partial charge on any atom is 0.115 e. The zero-order chi connectivity index (χ0) is 7.94. The zero-order valence-corrected chi connectivity index (χ0v) is 6.40. The van der Waals surface area contributed by atoms with E-state index in [0.29, 0.717) is 6.61 Å². The van der Waals surface area contributed by atoms with Gasteiger partial charge >= 0.3 is 0 Å². The lowest BCUT2D eigenvalue weighted by atomic mass is 10.4. The van der Waals surface area contributed by atoms with Gasteiger partial charge in [-0.15, -0.1) is 0 Å². The molecule has 11 heavy (non-hydrogen) atoms. The van der Waals surface area contributed by atoms with Crippen molar-refractivity contribution in [1.29, 1.82) is 0 Å². The number of ether oxygens (including phenoxy) is 1. The molecule has 3 heteroatoms. The molecule has 1 heterocycles. The summed E-state index contributed by atoms with van der Waals surface area (Å²) < 4.78 is 5.00. The highest BCUT2D eigenvalue weighted by Gasteiger charge is 1.82. The van der Waals surface area contributed by atoms with Crippen molar-refractivity contribution in [3.05, 3.63) is 30.5 Å². The molecule has 0 fully saturated rings. The van der Waals surface area contributed by atoms with E-state index < -0.39 is 0 Å². The summed E-state index contributed by atoms with van der Waals surface area (Å²) in [5.74, 6) is 0. The van der Waals surface area contributed by atoms with E-state index in [0.717, 1.165) is 5.69 Å². The molecule has 1 aromatic rings. The van der Waals surface area contributed by atoms with Gasteiger partial charge in [0.2, 0.25) is 0 Å². The second kappa shape index (κ2) is 4.44. The topological polar surface area (TPSA) is 35.0 Å². The van der Waals surface area contributed by atoms with Crippen LogP contribution in [0.25, 0.3) is 6.08 Å². The van der Waals surface area contributed by atoms with E-state index in [4.69, 9.17) is 4.74 Å². The molecular formula is C8H10N2O. The first-order valence-corrected chi connectivity index (χ1v) is 3.47. The highest BCUT2D eigenvalue weighted by atomic mass is 16.5. The minimum atomic E-state index is 0.682. The zero-order valence-electron chi connectivity index (χ0n) is 6.40. The third-order valence-electron chi connectivity index (χ3n) is 1.11. The Morgan fingerprint density at radius 1 is 1.64 bits per heavy atom. The molecule has 0 saturated carbocycles. The predicted octanol–water partition coefficient (Wildman–Crippen LogP) is 1.48. The minimum Gasteiger partial charge on any atom is -0.501 e. The van der Waals surface area contributed by atoms with Crippen LogP contribution in [0.5, 0.6) is 0 Å². The van der Waals surface area contributed by atoms with Crippen LogP contribution in [-0.2, 0) is 4.74 Å². The van der Waals surface area contributed by atoms with Crippen molar-refractivity contribution in [3.63, 3.8) is 0 Å². The number of hydrogen-bond acceptors (Lipinski definition) is 3. The number of aromatic nitrogens is 2. The average Bonchev–Trinajstić information content (AvgIpc) is 2.07. The standard InChI is InChI=1S/C8H10N2O/c1-2-11-6-4-8-3-5-9-7-10-8/h3-7H,2H2,1H3. The maximum absolute atomic E-state index is 5.00. The van der Waals surface area contributed by atoms with Gasteiger partial charge in [0, 0.05) is 6.20 Å². The van der Waals surface area contributed by atoms with Crippen LogP contribution in [0.1, 0.15) is 12.6 Å². The monoisotopic (exact) mass is 150 g/mol. The van der Waals surface area contributed by atoms with Crippen LogP contribution in [0.3, 0.4) is 0 Å². The summed E-state index contributed by atoms with van der Waals surface area (Å²) >= 11 is 0.